The van der Waals surface area contributed by atoms with E-state index in [0.717, 1.165) is 46.5 Å². The number of rotatable bonds is 11. The van der Waals surface area contributed by atoms with Gasteiger partial charge in [0.2, 0.25) is 11.9 Å². The van der Waals surface area contributed by atoms with Gasteiger partial charge in [0, 0.05) is 37.1 Å². The van der Waals surface area contributed by atoms with Gasteiger partial charge in [-0.25, -0.2) is 9.97 Å². The van der Waals surface area contributed by atoms with Crippen LogP contribution in [-0.2, 0) is 4.79 Å². The van der Waals surface area contributed by atoms with Crippen LogP contribution in [0.4, 0.5) is 23.0 Å². The first-order valence-electron chi connectivity index (χ1n) is 13.5. The smallest absolute Gasteiger partial charge is 0.247 e. The molecule has 0 bridgehead atoms. The van der Waals surface area contributed by atoms with E-state index in [1.165, 1.54) is 12.4 Å². The number of aromatic amines is 1. The Balaban J connectivity index is 1.55. The van der Waals surface area contributed by atoms with Gasteiger partial charge in [-0.2, -0.15) is 4.98 Å². The SMILES string of the molecule is C=CC(=O)Nc1cc(Nc2ncnc(-c3c(-c4ccccc4)[nH]c4ccccc34)n2)c(OC)cc1N(C)CCN(C)C. The Hall–Kier alpha value is -5.22. The number of likely N-dealkylation sites (N-methyl/N-ethyl adjacent to an activating group) is 2. The van der Waals surface area contributed by atoms with Crippen LogP contribution >= 0.6 is 0 Å². The molecule has 2 aromatic heterocycles. The zero-order valence-electron chi connectivity index (χ0n) is 24.2. The fourth-order valence-corrected chi connectivity index (χ4v) is 4.70. The number of carbonyl (C=O) groups excluding carboxylic acids is 1. The number of H-pyrrole nitrogens is 1. The van der Waals surface area contributed by atoms with Gasteiger partial charge in [-0.15, -0.1) is 0 Å². The molecule has 0 atom stereocenters. The summed E-state index contributed by atoms with van der Waals surface area (Å²) in [6.07, 6.45) is 2.72. The molecule has 3 aromatic carbocycles. The highest BCUT2D eigenvalue weighted by atomic mass is 16.5. The van der Waals surface area contributed by atoms with Crippen molar-refractivity contribution >= 4 is 39.8 Å². The van der Waals surface area contributed by atoms with Gasteiger partial charge >= 0.3 is 0 Å². The molecule has 10 nitrogen and oxygen atoms in total. The largest absolute Gasteiger partial charge is 0.494 e. The molecule has 0 saturated heterocycles. The van der Waals surface area contributed by atoms with Crippen LogP contribution in [0.15, 0.2) is 85.7 Å². The van der Waals surface area contributed by atoms with E-state index in [0.29, 0.717) is 28.9 Å². The Bertz CT molecular complexity index is 1720. The Morgan fingerprint density at radius 2 is 1.76 bits per heavy atom. The predicted molar refractivity (Wildman–Crippen MR) is 169 cm³/mol. The van der Waals surface area contributed by atoms with E-state index >= 15 is 0 Å². The first kappa shape index (κ1) is 28.3. The zero-order valence-corrected chi connectivity index (χ0v) is 24.2. The lowest BCUT2D eigenvalue weighted by molar-refractivity contribution is -0.111. The first-order chi connectivity index (χ1) is 20.4. The molecule has 5 aromatic rings. The number of amides is 1. The van der Waals surface area contributed by atoms with Crippen LogP contribution in [0.1, 0.15) is 0 Å². The normalized spacial score (nSPS) is 11.0. The Morgan fingerprint density at radius 1 is 1.00 bits per heavy atom. The quantitative estimate of drug-likeness (QED) is 0.180. The summed E-state index contributed by atoms with van der Waals surface area (Å²) in [6.45, 7) is 5.17. The Kier molecular flexibility index (Phi) is 8.44. The lowest BCUT2D eigenvalue weighted by Gasteiger charge is -2.26. The maximum Gasteiger partial charge on any atom is 0.247 e. The number of aromatic nitrogens is 4. The second-order valence-electron chi connectivity index (χ2n) is 10.0. The van der Waals surface area contributed by atoms with Crippen LogP contribution in [0, 0.1) is 0 Å². The van der Waals surface area contributed by atoms with Crippen LogP contribution < -0.4 is 20.3 Å². The molecule has 0 fully saturated rings. The maximum absolute atomic E-state index is 12.3. The van der Waals surface area contributed by atoms with Crippen molar-refractivity contribution < 1.29 is 9.53 Å². The number of nitrogens with one attached hydrogen (secondary N) is 3. The third-order valence-electron chi connectivity index (χ3n) is 6.87. The Morgan fingerprint density at radius 3 is 2.50 bits per heavy atom. The van der Waals surface area contributed by atoms with Crippen molar-refractivity contribution in [2.75, 3.05) is 56.9 Å². The average Bonchev–Trinajstić information content (AvgIpc) is 3.40. The topological polar surface area (TPSA) is 111 Å². The molecule has 214 valence electrons. The lowest BCUT2D eigenvalue weighted by Crippen LogP contribution is -2.29. The summed E-state index contributed by atoms with van der Waals surface area (Å²) >= 11 is 0. The van der Waals surface area contributed by atoms with E-state index in [4.69, 9.17) is 9.72 Å². The highest BCUT2D eigenvalue weighted by Gasteiger charge is 2.20. The molecule has 0 aliphatic heterocycles. The van der Waals surface area contributed by atoms with Crippen molar-refractivity contribution in [3.63, 3.8) is 0 Å². The van der Waals surface area contributed by atoms with Gasteiger partial charge < -0.3 is 30.2 Å². The van der Waals surface area contributed by atoms with Crippen LogP contribution in [0.25, 0.3) is 33.5 Å². The summed E-state index contributed by atoms with van der Waals surface area (Å²) in [5, 5.41) is 7.21. The minimum Gasteiger partial charge on any atom is -0.494 e. The summed E-state index contributed by atoms with van der Waals surface area (Å²) in [7, 11) is 7.61. The van der Waals surface area contributed by atoms with Gasteiger partial charge in [0.1, 0.15) is 12.1 Å². The molecule has 42 heavy (non-hydrogen) atoms. The summed E-state index contributed by atoms with van der Waals surface area (Å²) in [6, 6.07) is 21.9. The van der Waals surface area contributed by atoms with Crippen molar-refractivity contribution in [2.45, 2.75) is 0 Å². The molecule has 0 aliphatic rings. The summed E-state index contributed by atoms with van der Waals surface area (Å²) in [4.78, 5) is 33.8. The van der Waals surface area contributed by atoms with Gasteiger partial charge in [-0.3, -0.25) is 4.79 Å². The number of nitrogens with zero attached hydrogens (tertiary/aromatic N) is 5. The van der Waals surface area contributed by atoms with Crippen LogP contribution in [0.5, 0.6) is 5.75 Å². The number of ether oxygens (including phenoxy) is 1. The van der Waals surface area contributed by atoms with Gasteiger partial charge in [-0.1, -0.05) is 55.1 Å². The fourth-order valence-electron chi connectivity index (χ4n) is 4.70. The molecular formula is C32H34N8O2. The van der Waals surface area contributed by atoms with Gasteiger partial charge in [0.15, 0.2) is 5.82 Å². The molecule has 0 spiro atoms. The van der Waals surface area contributed by atoms with Crippen LogP contribution in [0.3, 0.4) is 0 Å². The van der Waals surface area contributed by atoms with E-state index in [9.17, 15) is 4.79 Å². The number of hydrogen-bond donors (Lipinski definition) is 3. The molecule has 10 heteroatoms. The number of benzene rings is 3. The average molecular weight is 563 g/mol. The summed E-state index contributed by atoms with van der Waals surface area (Å²) < 4.78 is 5.75. The highest BCUT2D eigenvalue weighted by Crippen LogP contribution is 2.39. The zero-order chi connectivity index (χ0) is 29.6. The molecule has 5 rings (SSSR count). The highest BCUT2D eigenvalue weighted by molar-refractivity contribution is 6.03. The molecule has 0 aliphatic carbocycles. The number of fused-ring (bicyclic) bond motifs is 1. The number of methoxy groups -OCH3 is 1. The number of para-hydroxylation sites is 1. The first-order valence-corrected chi connectivity index (χ1v) is 13.5. The van der Waals surface area contributed by atoms with Gasteiger partial charge in [0.25, 0.3) is 0 Å². The van der Waals surface area contributed by atoms with Crippen LogP contribution in [-0.4, -0.2) is 72.1 Å². The van der Waals surface area contributed by atoms with Gasteiger partial charge in [0.05, 0.1) is 35.4 Å². The van der Waals surface area contributed by atoms with Crippen molar-refractivity contribution in [2.24, 2.45) is 0 Å². The predicted octanol–water partition coefficient (Wildman–Crippen LogP) is 5.56. The monoisotopic (exact) mass is 562 g/mol. The molecule has 3 N–H and O–H groups in total. The molecule has 1 amide bonds. The molecule has 2 heterocycles. The number of anilines is 4. The second-order valence-corrected chi connectivity index (χ2v) is 10.0. The molecule has 0 unspecified atom stereocenters. The third kappa shape index (κ3) is 6.08. The van der Waals surface area contributed by atoms with Crippen molar-refractivity contribution in [3.8, 4) is 28.4 Å². The van der Waals surface area contributed by atoms with Crippen molar-refractivity contribution in [3.05, 3.63) is 85.7 Å². The second kappa shape index (κ2) is 12.5. The van der Waals surface area contributed by atoms with Crippen molar-refractivity contribution in [1.29, 1.82) is 0 Å². The summed E-state index contributed by atoms with van der Waals surface area (Å²) in [5.41, 5.74) is 5.80. The van der Waals surface area contributed by atoms with E-state index < -0.39 is 0 Å². The van der Waals surface area contributed by atoms with Crippen molar-refractivity contribution in [1.82, 2.24) is 24.8 Å². The minimum absolute atomic E-state index is 0.316. The van der Waals surface area contributed by atoms with E-state index in [1.54, 1.807) is 7.11 Å². The standard InChI is InChI=1S/C32H34N8O2/c1-6-28(41)35-24-18-25(27(42-5)19-26(24)40(4)17-16-39(2)3)37-32-34-20-33-31(38-32)29-22-14-10-11-15-23(22)36-30(29)21-12-8-7-9-13-21/h6-15,18-20,36H,1,16-17H2,2-5H3,(H,35,41)(H,33,34,37,38). The summed E-state index contributed by atoms with van der Waals surface area (Å²) in [5.74, 6) is 1.10. The molecule has 0 radical (unpaired) electrons. The van der Waals surface area contributed by atoms with Crippen LogP contribution in [0.2, 0.25) is 0 Å². The molecule has 0 saturated carbocycles. The number of hydrogen-bond acceptors (Lipinski definition) is 8. The van der Waals surface area contributed by atoms with Gasteiger partial charge in [-0.05, 0) is 37.9 Å². The van der Waals surface area contributed by atoms with E-state index in [2.05, 4.69) is 54.1 Å². The molecular weight excluding hydrogens is 528 g/mol. The Labute approximate surface area is 245 Å². The maximum atomic E-state index is 12.3. The van der Waals surface area contributed by atoms with E-state index in [-0.39, 0.29) is 5.91 Å². The lowest BCUT2D eigenvalue weighted by atomic mass is 10.0. The number of carbonyl (C=O) groups is 1. The third-order valence-corrected chi connectivity index (χ3v) is 6.87. The fraction of sp³-hybridized carbons (Fsp3) is 0.188. The van der Waals surface area contributed by atoms with E-state index in [1.807, 2.05) is 75.7 Å². The minimum atomic E-state index is -0.316.